The van der Waals surface area contributed by atoms with Gasteiger partial charge in [0.1, 0.15) is 60.3 Å². The van der Waals surface area contributed by atoms with Gasteiger partial charge in [0.2, 0.25) is 5.91 Å². The number of amides is 2. The summed E-state index contributed by atoms with van der Waals surface area (Å²) in [7, 11) is 2.98. The van der Waals surface area contributed by atoms with Crippen LogP contribution < -0.4 is 22.5 Å². The predicted molar refractivity (Wildman–Crippen MR) is 174 cm³/mol. The first-order valence-electron chi connectivity index (χ1n) is 16.2. The minimum absolute atomic E-state index is 0.0363. The number of nitrogens with zero attached hydrogens (tertiary/aromatic N) is 4. The fourth-order valence-corrected chi connectivity index (χ4v) is 6.27. The van der Waals surface area contributed by atoms with Gasteiger partial charge >= 0.3 is 5.69 Å². The van der Waals surface area contributed by atoms with E-state index < -0.39 is 78.8 Å². The fourth-order valence-electron chi connectivity index (χ4n) is 6.27. The van der Waals surface area contributed by atoms with Crippen LogP contribution in [0, 0.1) is 0 Å². The van der Waals surface area contributed by atoms with Crippen LogP contribution >= 0.6 is 0 Å². The minimum Gasteiger partial charge on any atom is -0.387 e. The first kappa shape index (κ1) is 36.5. The SMILES string of the molecule is CCCCc1ccc(NC(=O)C2=CCN(C)[C@@H]([C@H](O[C@@H]3O[C@H](CN)[C@@H](O)[C@H]3O)[C@H]3O[C@@H](n4ccc(N)nc4=O)[C@H](O)[C@@H]3O)C(=O)N2C)cc1. The van der Waals surface area contributed by atoms with E-state index in [1.54, 1.807) is 25.3 Å². The number of unbranched alkanes of at least 4 members (excludes halogenated alkanes) is 1. The fraction of sp³-hybridized carbons (Fsp3) is 0.562. The smallest absolute Gasteiger partial charge is 0.351 e. The number of ether oxygens (including phenoxy) is 3. The zero-order valence-corrected chi connectivity index (χ0v) is 27.5. The van der Waals surface area contributed by atoms with Crippen molar-refractivity contribution < 1.29 is 44.2 Å². The van der Waals surface area contributed by atoms with Crippen molar-refractivity contribution in [2.24, 2.45) is 5.73 Å². The van der Waals surface area contributed by atoms with Crippen LogP contribution in [0.3, 0.4) is 0 Å². The number of benzene rings is 1. The number of nitrogen functional groups attached to an aromatic ring is 1. The summed E-state index contributed by atoms with van der Waals surface area (Å²) in [6.45, 7) is 1.99. The molecule has 0 spiro atoms. The lowest BCUT2D eigenvalue weighted by Crippen LogP contribution is -2.59. The Bertz CT molecular complexity index is 1570. The molecule has 5 rings (SSSR count). The van der Waals surface area contributed by atoms with E-state index >= 15 is 0 Å². The van der Waals surface area contributed by atoms with E-state index in [9.17, 15) is 34.8 Å². The third-order valence-electron chi connectivity index (χ3n) is 9.13. The molecule has 2 amide bonds. The Labute approximate surface area is 282 Å². The molecule has 49 heavy (non-hydrogen) atoms. The number of likely N-dealkylation sites (N-methyl/N-ethyl adjacent to an activating group) is 2. The Morgan fingerprint density at radius 1 is 1.06 bits per heavy atom. The van der Waals surface area contributed by atoms with E-state index in [2.05, 4.69) is 17.2 Å². The van der Waals surface area contributed by atoms with Crippen LogP contribution in [-0.4, -0.2) is 134 Å². The maximum Gasteiger partial charge on any atom is 0.351 e. The number of hydrogen-bond acceptors (Lipinski definition) is 14. The summed E-state index contributed by atoms with van der Waals surface area (Å²) >= 11 is 0. The van der Waals surface area contributed by atoms with Crippen LogP contribution in [0.2, 0.25) is 0 Å². The largest absolute Gasteiger partial charge is 0.387 e. The number of carbonyl (C=O) groups excluding carboxylic acids is 2. The molecule has 4 heterocycles. The van der Waals surface area contributed by atoms with Crippen LogP contribution in [0.25, 0.3) is 0 Å². The molecule has 2 aromatic rings. The highest BCUT2D eigenvalue weighted by Gasteiger charge is 2.55. The van der Waals surface area contributed by atoms with E-state index in [0.717, 1.165) is 34.3 Å². The van der Waals surface area contributed by atoms with E-state index in [4.69, 9.17) is 25.7 Å². The van der Waals surface area contributed by atoms with Crippen LogP contribution in [0.4, 0.5) is 11.5 Å². The number of aliphatic hydroxyl groups is 4. The van der Waals surface area contributed by atoms with E-state index in [1.165, 1.54) is 24.2 Å². The highest BCUT2D eigenvalue weighted by atomic mass is 16.7. The molecule has 2 fully saturated rings. The average Bonchev–Trinajstić information content (AvgIpc) is 3.48. The highest BCUT2D eigenvalue weighted by Crippen LogP contribution is 2.36. The van der Waals surface area contributed by atoms with Crippen molar-refractivity contribution in [3.8, 4) is 0 Å². The molecule has 17 nitrogen and oxygen atoms in total. The standard InChI is InChI=1S/C32H45N7O10/c1-4-5-6-16-7-9-17(10-8-16)35-28(44)18-11-13-37(2)21(29(45)38(18)3)26(49-31-25(43)22(40)19(15-33)47-31)27-23(41)24(42)30(48-27)39-14-12-20(34)36-32(39)46/h7-12,14,19,21-27,30-31,40-43H,4-6,13,15,33H2,1-3H3,(H,35,44)(H2,34,36,46)/t19-,21+,22-,23+,24-,25-,26+,27+,30-,31+/m1/s1. The van der Waals surface area contributed by atoms with Gasteiger partial charge in [-0.2, -0.15) is 4.98 Å². The maximum absolute atomic E-state index is 14.3. The summed E-state index contributed by atoms with van der Waals surface area (Å²) in [5.41, 5.74) is 12.1. The molecule has 0 aliphatic carbocycles. The molecule has 1 aromatic heterocycles. The first-order valence-corrected chi connectivity index (χ1v) is 16.2. The molecule has 3 aliphatic rings. The second kappa shape index (κ2) is 15.4. The van der Waals surface area contributed by atoms with Crippen LogP contribution in [-0.2, 0) is 30.2 Å². The summed E-state index contributed by atoms with van der Waals surface area (Å²) in [5.74, 6) is -1.28. The number of rotatable bonds is 11. The number of hydrogen-bond donors (Lipinski definition) is 7. The summed E-state index contributed by atoms with van der Waals surface area (Å²) < 4.78 is 18.8. The Balaban J connectivity index is 1.43. The normalized spacial score (nSPS) is 31.4. The van der Waals surface area contributed by atoms with Gasteiger partial charge in [-0.25, -0.2) is 4.79 Å². The van der Waals surface area contributed by atoms with Gasteiger partial charge in [-0.05, 0) is 49.7 Å². The van der Waals surface area contributed by atoms with Crippen molar-refractivity contribution in [2.75, 3.05) is 38.2 Å². The molecule has 0 saturated carbocycles. The third kappa shape index (κ3) is 7.54. The molecule has 0 bridgehead atoms. The van der Waals surface area contributed by atoms with Crippen LogP contribution in [0.1, 0.15) is 31.6 Å². The number of anilines is 2. The predicted octanol–water partition coefficient (Wildman–Crippen LogP) is -2.13. The summed E-state index contributed by atoms with van der Waals surface area (Å²) in [4.78, 5) is 46.7. The molecule has 0 unspecified atom stereocenters. The van der Waals surface area contributed by atoms with Crippen molar-refractivity contribution >= 4 is 23.3 Å². The number of nitrogens with two attached hydrogens (primary N) is 2. The minimum atomic E-state index is -1.74. The molecule has 10 atom stereocenters. The van der Waals surface area contributed by atoms with Crippen molar-refractivity contribution in [3.05, 3.63) is 64.3 Å². The molecule has 2 saturated heterocycles. The number of carbonyl (C=O) groups is 2. The summed E-state index contributed by atoms with van der Waals surface area (Å²) in [5, 5.41) is 46.4. The Hall–Kier alpha value is -3.78. The lowest BCUT2D eigenvalue weighted by atomic mass is 9.97. The van der Waals surface area contributed by atoms with E-state index in [-0.39, 0.29) is 24.6 Å². The molecular formula is C32H45N7O10. The van der Waals surface area contributed by atoms with Crippen molar-refractivity contribution in [1.82, 2.24) is 19.4 Å². The second-order valence-electron chi connectivity index (χ2n) is 12.5. The number of aryl methyl sites for hydroxylation is 1. The lowest BCUT2D eigenvalue weighted by molar-refractivity contribution is -0.232. The van der Waals surface area contributed by atoms with Gasteiger partial charge in [-0.1, -0.05) is 25.5 Å². The number of aromatic nitrogens is 2. The van der Waals surface area contributed by atoms with Gasteiger partial charge in [0.15, 0.2) is 12.5 Å². The van der Waals surface area contributed by atoms with Gasteiger partial charge in [0.25, 0.3) is 5.91 Å². The Morgan fingerprint density at radius 3 is 2.41 bits per heavy atom. The van der Waals surface area contributed by atoms with Crippen LogP contribution in [0.5, 0.6) is 0 Å². The molecule has 17 heteroatoms. The Morgan fingerprint density at radius 2 is 1.78 bits per heavy atom. The summed E-state index contributed by atoms with van der Waals surface area (Å²) in [6.07, 6.45) is -7.68. The molecule has 3 aliphatic heterocycles. The molecule has 9 N–H and O–H groups in total. The second-order valence-corrected chi connectivity index (χ2v) is 12.5. The molecule has 1 aromatic carbocycles. The zero-order chi connectivity index (χ0) is 35.6. The molecule has 0 radical (unpaired) electrons. The van der Waals surface area contributed by atoms with Gasteiger partial charge in [0.05, 0.1) is 0 Å². The van der Waals surface area contributed by atoms with Crippen molar-refractivity contribution in [1.29, 1.82) is 0 Å². The third-order valence-corrected chi connectivity index (χ3v) is 9.13. The molecule has 268 valence electrons. The first-order chi connectivity index (χ1) is 23.4. The average molecular weight is 688 g/mol. The number of aliphatic hydroxyl groups excluding tert-OH is 4. The van der Waals surface area contributed by atoms with Gasteiger partial charge in [-0.15, -0.1) is 0 Å². The van der Waals surface area contributed by atoms with Gasteiger partial charge < -0.3 is 56.3 Å². The maximum atomic E-state index is 14.3. The van der Waals surface area contributed by atoms with E-state index in [0.29, 0.717) is 5.69 Å². The van der Waals surface area contributed by atoms with Gasteiger partial charge in [-0.3, -0.25) is 19.1 Å². The zero-order valence-electron chi connectivity index (χ0n) is 27.5. The number of nitrogens with one attached hydrogen (secondary N) is 1. The van der Waals surface area contributed by atoms with E-state index in [1.807, 2.05) is 12.1 Å². The van der Waals surface area contributed by atoms with Crippen LogP contribution in [0.15, 0.2) is 53.1 Å². The van der Waals surface area contributed by atoms with Gasteiger partial charge in [0, 0.05) is 32.0 Å². The highest BCUT2D eigenvalue weighted by molar-refractivity contribution is 6.06. The summed E-state index contributed by atoms with van der Waals surface area (Å²) in [6, 6.07) is 7.43. The lowest BCUT2D eigenvalue weighted by Gasteiger charge is -2.38. The Kier molecular flexibility index (Phi) is 11.5. The van der Waals surface area contributed by atoms with Crippen molar-refractivity contribution in [3.63, 3.8) is 0 Å². The monoisotopic (exact) mass is 687 g/mol. The molecular weight excluding hydrogens is 642 g/mol. The quantitative estimate of drug-likeness (QED) is 0.133. The topological polar surface area (TPSA) is 248 Å². The van der Waals surface area contributed by atoms with Crippen molar-refractivity contribution in [2.45, 2.75) is 87.5 Å².